The molecule has 2 heterocycles. The third kappa shape index (κ3) is 3.65. The molecule has 2 aliphatic rings. The minimum Gasteiger partial charge on any atom is -0.496 e. The van der Waals surface area contributed by atoms with Crippen LogP contribution in [0, 0.1) is 17.6 Å². The van der Waals surface area contributed by atoms with Crippen molar-refractivity contribution in [2.75, 3.05) is 46.5 Å². The van der Waals surface area contributed by atoms with Gasteiger partial charge in [0.05, 0.1) is 26.2 Å². The molecule has 0 aromatic heterocycles. The van der Waals surface area contributed by atoms with Crippen LogP contribution in [-0.4, -0.2) is 68.1 Å². The zero-order chi connectivity index (χ0) is 18.7. The molecule has 26 heavy (non-hydrogen) atoms. The normalized spacial score (nSPS) is 20.8. The number of carbonyl (C=O) groups excluding carboxylic acids is 2. The molecule has 142 valence electrons. The highest BCUT2D eigenvalue weighted by Gasteiger charge is 2.34. The molecule has 2 aliphatic heterocycles. The molecule has 3 rings (SSSR count). The Morgan fingerprint density at radius 3 is 2.58 bits per heavy atom. The molecule has 0 bridgehead atoms. The number of amides is 2. The number of halogens is 2. The Hall–Kier alpha value is -2.22. The first-order valence-electron chi connectivity index (χ1n) is 8.70. The van der Waals surface area contributed by atoms with Crippen LogP contribution in [0.2, 0.25) is 0 Å². The zero-order valence-electron chi connectivity index (χ0n) is 14.7. The van der Waals surface area contributed by atoms with E-state index in [1.165, 1.54) is 18.1 Å². The molecule has 0 radical (unpaired) electrons. The molecule has 2 saturated heterocycles. The number of piperidine rings is 1. The number of hydrogen-bond acceptors (Lipinski definition) is 4. The third-order valence-electron chi connectivity index (χ3n) is 4.87. The second-order valence-corrected chi connectivity index (χ2v) is 6.47. The highest BCUT2D eigenvalue weighted by atomic mass is 19.2. The first kappa shape index (κ1) is 18.6. The van der Waals surface area contributed by atoms with E-state index in [0.29, 0.717) is 45.7 Å². The lowest BCUT2D eigenvalue weighted by molar-refractivity contribution is -0.141. The van der Waals surface area contributed by atoms with Gasteiger partial charge in [-0.15, -0.1) is 0 Å². The van der Waals surface area contributed by atoms with Crippen molar-refractivity contribution in [1.82, 2.24) is 9.80 Å². The summed E-state index contributed by atoms with van der Waals surface area (Å²) in [6.07, 6.45) is 1.30. The molecule has 0 N–H and O–H groups in total. The number of likely N-dealkylation sites (tertiary alicyclic amines) is 1. The minimum atomic E-state index is -1.23. The van der Waals surface area contributed by atoms with Crippen LogP contribution in [0.25, 0.3) is 0 Å². The molecule has 2 amide bonds. The van der Waals surface area contributed by atoms with Crippen molar-refractivity contribution in [3.8, 4) is 5.75 Å². The fraction of sp³-hybridized carbons (Fsp3) is 0.556. The summed E-state index contributed by atoms with van der Waals surface area (Å²) in [5.74, 6) is -3.36. The molecular formula is C18H22F2N2O4. The Bertz CT molecular complexity index is 692. The predicted octanol–water partition coefficient (Wildman–Crippen LogP) is 1.68. The number of rotatable bonds is 3. The minimum absolute atomic E-state index is 0.0162. The van der Waals surface area contributed by atoms with Crippen molar-refractivity contribution in [3.63, 3.8) is 0 Å². The van der Waals surface area contributed by atoms with Crippen molar-refractivity contribution < 1.29 is 27.8 Å². The van der Waals surface area contributed by atoms with Gasteiger partial charge in [-0.2, -0.15) is 0 Å². The van der Waals surface area contributed by atoms with Gasteiger partial charge in [-0.25, -0.2) is 8.78 Å². The lowest BCUT2D eigenvalue weighted by atomic mass is 9.95. The Morgan fingerprint density at radius 2 is 1.88 bits per heavy atom. The van der Waals surface area contributed by atoms with Crippen molar-refractivity contribution >= 4 is 11.8 Å². The first-order valence-corrected chi connectivity index (χ1v) is 8.70. The predicted molar refractivity (Wildman–Crippen MR) is 88.9 cm³/mol. The maximum Gasteiger partial charge on any atom is 0.260 e. The number of carbonyl (C=O) groups is 2. The van der Waals surface area contributed by atoms with Gasteiger partial charge in [-0.05, 0) is 25.0 Å². The Kier molecular flexibility index (Phi) is 5.70. The number of morpholine rings is 1. The van der Waals surface area contributed by atoms with Gasteiger partial charge in [-0.3, -0.25) is 9.59 Å². The van der Waals surface area contributed by atoms with E-state index in [1.807, 2.05) is 0 Å². The highest BCUT2D eigenvalue weighted by molar-refractivity contribution is 5.97. The van der Waals surface area contributed by atoms with Crippen LogP contribution < -0.4 is 4.74 Å². The van der Waals surface area contributed by atoms with Crippen LogP contribution in [0.15, 0.2) is 12.1 Å². The maximum absolute atomic E-state index is 14.2. The second kappa shape index (κ2) is 7.99. The van der Waals surface area contributed by atoms with Gasteiger partial charge < -0.3 is 19.3 Å². The monoisotopic (exact) mass is 368 g/mol. The van der Waals surface area contributed by atoms with Gasteiger partial charge in [0.2, 0.25) is 5.91 Å². The van der Waals surface area contributed by atoms with Gasteiger partial charge >= 0.3 is 0 Å². The third-order valence-corrected chi connectivity index (χ3v) is 4.87. The quantitative estimate of drug-likeness (QED) is 0.815. The smallest absolute Gasteiger partial charge is 0.260 e. The summed E-state index contributed by atoms with van der Waals surface area (Å²) < 4.78 is 38.1. The molecule has 8 heteroatoms. The lowest BCUT2D eigenvalue weighted by Gasteiger charge is -2.36. The van der Waals surface area contributed by atoms with Crippen LogP contribution in [0.5, 0.6) is 5.75 Å². The molecule has 0 saturated carbocycles. The van der Waals surface area contributed by atoms with Crippen molar-refractivity contribution in [1.29, 1.82) is 0 Å². The van der Waals surface area contributed by atoms with E-state index in [0.717, 1.165) is 6.07 Å². The van der Waals surface area contributed by atoms with Gasteiger partial charge in [0.25, 0.3) is 5.91 Å². The Morgan fingerprint density at radius 1 is 1.15 bits per heavy atom. The van der Waals surface area contributed by atoms with Crippen LogP contribution in [0.4, 0.5) is 8.78 Å². The van der Waals surface area contributed by atoms with Crippen molar-refractivity contribution in [2.24, 2.45) is 5.92 Å². The second-order valence-electron chi connectivity index (χ2n) is 6.47. The number of ether oxygens (including phenoxy) is 2. The van der Waals surface area contributed by atoms with Crippen molar-refractivity contribution in [2.45, 2.75) is 12.8 Å². The van der Waals surface area contributed by atoms with E-state index in [1.54, 1.807) is 4.90 Å². The number of nitrogens with zero attached hydrogens (tertiary/aromatic N) is 2. The topological polar surface area (TPSA) is 59.1 Å². The Labute approximate surface area is 150 Å². The molecule has 0 aliphatic carbocycles. The summed E-state index contributed by atoms with van der Waals surface area (Å²) in [5, 5.41) is 0. The molecule has 2 fully saturated rings. The van der Waals surface area contributed by atoms with E-state index in [2.05, 4.69) is 0 Å². The number of benzene rings is 1. The molecule has 0 unspecified atom stereocenters. The summed E-state index contributed by atoms with van der Waals surface area (Å²) in [4.78, 5) is 28.6. The van der Waals surface area contributed by atoms with Crippen LogP contribution in [0.1, 0.15) is 23.2 Å². The summed E-state index contributed by atoms with van der Waals surface area (Å²) in [6.45, 7) is 2.67. The zero-order valence-corrected chi connectivity index (χ0v) is 14.7. The van der Waals surface area contributed by atoms with E-state index in [4.69, 9.17) is 9.47 Å². The highest BCUT2D eigenvalue weighted by Crippen LogP contribution is 2.28. The molecule has 1 atom stereocenters. The van der Waals surface area contributed by atoms with Crippen LogP contribution in [-0.2, 0) is 9.53 Å². The summed E-state index contributed by atoms with van der Waals surface area (Å²) in [7, 11) is 1.30. The summed E-state index contributed by atoms with van der Waals surface area (Å²) in [5.41, 5.74) is -0.424. The largest absolute Gasteiger partial charge is 0.496 e. The van der Waals surface area contributed by atoms with E-state index >= 15 is 0 Å². The summed E-state index contributed by atoms with van der Waals surface area (Å²) in [6, 6.07) is 2.15. The lowest BCUT2D eigenvalue weighted by Crippen LogP contribution is -2.49. The van der Waals surface area contributed by atoms with Gasteiger partial charge in [0.1, 0.15) is 11.3 Å². The molecule has 6 nitrogen and oxygen atoms in total. The number of hydrogen-bond donors (Lipinski definition) is 0. The van der Waals surface area contributed by atoms with E-state index < -0.39 is 23.1 Å². The van der Waals surface area contributed by atoms with Gasteiger partial charge in [0, 0.05) is 26.2 Å². The SMILES string of the molecule is COc1ccc(F)c(F)c1C(=O)N1CCC[C@H](C(=O)N2CCOCC2)C1. The average Bonchev–Trinajstić information content (AvgIpc) is 2.69. The fourth-order valence-corrected chi connectivity index (χ4v) is 3.47. The van der Waals surface area contributed by atoms with Gasteiger partial charge in [0.15, 0.2) is 11.6 Å². The molecular weight excluding hydrogens is 346 g/mol. The molecule has 1 aromatic rings. The summed E-state index contributed by atoms with van der Waals surface area (Å²) >= 11 is 0. The Balaban J connectivity index is 1.76. The van der Waals surface area contributed by atoms with Crippen LogP contribution in [0.3, 0.4) is 0 Å². The molecule has 1 aromatic carbocycles. The van der Waals surface area contributed by atoms with E-state index in [-0.39, 0.29) is 24.1 Å². The number of methoxy groups -OCH3 is 1. The van der Waals surface area contributed by atoms with Gasteiger partial charge in [-0.1, -0.05) is 0 Å². The van der Waals surface area contributed by atoms with Crippen LogP contribution >= 0.6 is 0 Å². The standard InChI is InChI=1S/C18H22F2N2O4/c1-25-14-5-4-13(19)16(20)15(14)18(24)22-6-2-3-12(11-22)17(23)21-7-9-26-10-8-21/h4-5,12H,2-3,6-11H2,1H3/t12-/m0/s1. The molecule has 0 spiro atoms. The first-order chi connectivity index (χ1) is 12.5. The van der Waals surface area contributed by atoms with Crippen molar-refractivity contribution in [3.05, 3.63) is 29.3 Å². The fourth-order valence-electron chi connectivity index (χ4n) is 3.47. The van der Waals surface area contributed by atoms with E-state index in [9.17, 15) is 18.4 Å². The average molecular weight is 368 g/mol. The maximum atomic E-state index is 14.2.